The van der Waals surface area contributed by atoms with Crippen LogP contribution in [0.25, 0.3) is 6.08 Å². The molecule has 0 unspecified atom stereocenters. The van der Waals surface area contributed by atoms with Gasteiger partial charge in [0, 0.05) is 23.7 Å². The molecular formula is C31H32ClN3O3. The highest BCUT2D eigenvalue weighted by Crippen LogP contribution is 2.36. The van der Waals surface area contributed by atoms with E-state index in [9.17, 15) is 9.59 Å². The average molecular weight is 530 g/mol. The minimum absolute atomic E-state index is 0.0907. The molecule has 2 aliphatic rings. The molecule has 3 aromatic rings. The number of hydrogen-bond acceptors (Lipinski definition) is 4. The second-order valence-electron chi connectivity index (χ2n) is 9.73. The zero-order valence-corrected chi connectivity index (χ0v) is 22.1. The Hall–Kier alpha value is -3.61. The fourth-order valence-corrected chi connectivity index (χ4v) is 4.99. The number of nitrogens with one attached hydrogen (secondary N) is 1. The largest absolute Gasteiger partial charge is 0.449 e. The number of anilines is 1. The third-order valence-corrected chi connectivity index (χ3v) is 7.22. The summed E-state index contributed by atoms with van der Waals surface area (Å²) in [4.78, 5) is 30.2. The molecule has 196 valence electrons. The standard InChI is InChI=1S/C31H32ClN3O3/c32-26-15-11-24(12-16-26)22-35-27-7-3-4-8-28(27)38-29(31(35)37)21-23-9-13-25(14-10-23)30(36)33-17-20-34-18-5-1-2-6-19-34/h3-4,7-16,21H,1-2,5-6,17-20,22H2,(H,33,36). The minimum atomic E-state index is -0.228. The zero-order chi connectivity index (χ0) is 26.3. The molecule has 0 atom stereocenters. The van der Waals surface area contributed by atoms with Crippen molar-refractivity contribution in [1.82, 2.24) is 10.2 Å². The molecule has 2 aliphatic heterocycles. The van der Waals surface area contributed by atoms with E-state index in [1.165, 1.54) is 25.7 Å². The summed E-state index contributed by atoms with van der Waals surface area (Å²) in [5.41, 5.74) is 3.05. The van der Waals surface area contributed by atoms with E-state index in [1.54, 1.807) is 23.1 Å². The van der Waals surface area contributed by atoms with Crippen LogP contribution in [0.5, 0.6) is 5.75 Å². The van der Waals surface area contributed by atoms with Gasteiger partial charge in [-0.2, -0.15) is 0 Å². The highest BCUT2D eigenvalue weighted by Gasteiger charge is 2.30. The van der Waals surface area contributed by atoms with Crippen LogP contribution in [0, 0.1) is 0 Å². The Kier molecular flexibility index (Phi) is 8.41. The van der Waals surface area contributed by atoms with Crippen LogP contribution < -0.4 is 15.0 Å². The van der Waals surface area contributed by atoms with Gasteiger partial charge in [-0.15, -0.1) is 0 Å². The smallest absolute Gasteiger partial charge is 0.294 e. The number of para-hydroxylation sites is 2. The van der Waals surface area contributed by atoms with Crippen molar-refractivity contribution in [3.63, 3.8) is 0 Å². The average Bonchev–Trinajstić information content (AvgIpc) is 3.21. The highest BCUT2D eigenvalue weighted by molar-refractivity contribution is 6.30. The number of amides is 2. The molecule has 0 aromatic heterocycles. The van der Waals surface area contributed by atoms with Crippen LogP contribution in [0.3, 0.4) is 0 Å². The van der Waals surface area contributed by atoms with Gasteiger partial charge in [0.25, 0.3) is 11.8 Å². The number of ether oxygens (including phenoxy) is 1. The number of carbonyl (C=O) groups is 2. The Morgan fingerprint density at radius 3 is 2.37 bits per heavy atom. The van der Waals surface area contributed by atoms with Gasteiger partial charge in [0.15, 0.2) is 11.5 Å². The lowest BCUT2D eigenvalue weighted by atomic mass is 10.1. The first-order chi connectivity index (χ1) is 18.6. The first-order valence-electron chi connectivity index (χ1n) is 13.2. The lowest BCUT2D eigenvalue weighted by molar-refractivity contribution is -0.117. The van der Waals surface area contributed by atoms with Gasteiger partial charge >= 0.3 is 0 Å². The Bertz CT molecular complexity index is 1300. The predicted octanol–water partition coefficient (Wildman–Crippen LogP) is 5.91. The molecule has 7 heteroatoms. The fraction of sp³-hybridized carbons (Fsp3) is 0.290. The maximum atomic E-state index is 13.4. The van der Waals surface area contributed by atoms with Gasteiger partial charge in [-0.25, -0.2) is 0 Å². The molecule has 0 spiro atoms. The van der Waals surface area contributed by atoms with Crippen LogP contribution in [0.4, 0.5) is 5.69 Å². The van der Waals surface area contributed by atoms with Crippen molar-refractivity contribution in [2.24, 2.45) is 0 Å². The molecule has 0 saturated carbocycles. The van der Waals surface area contributed by atoms with Crippen LogP contribution in [0.15, 0.2) is 78.6 Å². The molecular weight excluding hydrogens is 498 g/mol. The Balaban J connectivity index is 1.26. The normalized spacial score (nSPS) is 17.0. The fourth-order valence-electron chi connectivity index (χ4n) is 4.86. The Labute approximate surface area is 228 Å². The van der Waals surface area contributed by atoms with E-state index in [0.717, 1.165) is 36.4 Å². The summed E-state index contributed by atoms with van der Waals surface area (Å²) in [5.74, 6) is 0.529. The summed E-state index contributed by atoms with van der Waals surface area (Å²) in [5, 5.41) is 3.68. The summed E-state index contributed by atoms with van der Waals surface area (Å²) >= 11 is 6.03. The molecule has 0 aliphatic carbocycles. The van der Waals surface area contributed by atoms with E-state index >= 15 is 0 Å². The second kappa shape index (κ2) is 12.3. The van der Waals surface area contributed by atoms with E-state index in [1.807, 2.05) is 60.7 Å². The number of hydrogen-bond donors (Lipinski definition) is 1. The summed E-state index contributed by atoms with van der Waals surface area (Å²) < 4.78 is 6.00. The van der Waals surface area contributed by atoms with E-state index in [-0.39, 0.29) is 17.6 Å². The van der Waals surface area contributed by atoms with E-state index in [2.05, 4.69) is 10.2 Å². The number of fused-ring (bicyclic) bond motifs is 1. The summed E-state index contributed by atoms with van der Waals surface area (Å²) in [7, 11) is 0. The third-order valence-electron chi connectivity index (χ3n) is 6.97. The third kappa shape index (κ3) is 6.44. The van der Waals surface area contributed by atoms with Crippen molar-refractivity contribution in [1.29, 1.82) is 0 Å². The summed E-state index contributed by atoms with van der Waals surface area (Å²) in [6, 6.07) is 22.2. The zero-order valence-electron chi connectivity index (χ0n) is 21.4. The highest BCUT2D eigenvalue weighted by atomic mass is 35.5. The van der Waals surface area contributed by atoms with Crippen LogP contribution in [-0.4, -0.2) is 42.9 Å². The van der Waals surface area contributed by atoms with Crippen LogP contribution in [0.1, 0.15) is 47.2 Å². The quantitative estimate of drug-likeness (QED) is 0.386. The number of benzene rings is 3. The van der Waals surface area contributed by atoms with Crippen LogP contribution in [-0.2, 0) is 11.3 Å². The minimum Gasteiger partial charge on any atom is -0.449 e. The maximum absolute atomic E-state index is 13.4. The number of likely N-dealkylation sites (tertiary alicyclic amines) is 1. The molecule has 1 N–H and O–H groups in total. The van der Waals surface area contributed by atoms with Gasteiger partial charge in [-0.1, -0.05) is 60.8 Å². The predicted molar refractivity (Wildman–Crippen MR) is 151 cm³/mol. The SMILES string of the molecule is O=C(NCCN1CCCCCC1)c1ccc(C=C2Oc3ccccc3N(Cc3ccc(Cl)cc3)C2=O)cc1. The molecule has 5 rings (SSSR count). The lowest BCUT2D eigenvalue weighted by Gasteiger charge is -2.30. The summed E-state index contributed by atoms with van der Waals surface area (Å²) in [6.45, 7) is 4.13. The molecule has 0 radical (unpaired) electrons. The van der Waals surface area contributed by atoms with Crippen molar-refractivity contribution in [2.75, 3.05) is 31.1 Å². The van der Waals surface area contributed by atoms with Gasteiger partial charge in [-0.3, -0.25) is 14.5 Å². The van der Waals surface area contributed by atoms with Crippen LogP contribution >= 0.6 is 11.6 Å². The molecule has 0 bridgehead atoms. The number of halogens is 1. The molecule has 2 heterocycles. The summed E-state index contributed by atoms with van der Waals surface area (Å²) in [6.07, 6.45) is 6.79. The second-order valence-corrected chi connectivity index (χ2v) is 10.2. The van der Waals surface area contributed by atoms with E-state index in [4.69, 9.17) is 16.3 Å². The van der Waals surface area contributed by atoms with E-state index < -0.39 is 0 Å². The van der Waals surface area contributed by atoms with Crippen LogP contribution in [0.2, 0.25) is 5.02 Å². The number of nitrogens with zero attached hydrogens (tertiary/aromatic N) is 2. The number of rotatable bonds is 7. The van der Waals surface area contributed by atoms with Crippen molar-refractivity contribution in [3.8, 4) is 5.75 Å². The van der Waals surface area contributed by atoms with Gasteiger partial charge in [0.2, 0.25) is 0 Å². The van der Waals surface area contributed by atoms with Gasteiger partial charge in [0.05, 0.1) is 12.2 Å². The molecule has 2 amide bonds. The molecule has 6 nitrogen and oxygen atoms in total. The maximum Gasteiger partial charge on any atom is 0.294 e. The lowest BCUT2D eigenvalue weighted by Crippen LogP contribution is -2.36. The number of carbonyl (C=O) groups excluding carboxylic acids is 2. The van der Waals surface area contributed by atoms with Crippen molar-refractivity contribution in [3.05, 3.63) is 100 Å². The Morgan fingerprint density at radius 1 is 0.921 bits per heavy atom. The monoisotopic (exact) mass is 529 g/mol. The van der Waals surface area contributed by atoms with Crippen molar-refractivity contribution < 1.29 is 14.3 Å². The Morgan fingerprint density at radius 2 is 1.63 bits per heavy atom. The first-order valence-corrected chi connectivity index (χ1v) is 13.6. The van der Waals surface area contributed by atoms with Gasteiger partial charge in [0.1, 0.15) is 0 Å². The molecule has 1 fully saturated rings. The first kappa shape index (κ1) is 26.0. The molecule has 3 aromatic carbocycles. The van der Waals surface area contributed by atoms with Gasteiger partial charge < -0.3 is 15.0 Å². The molecule has 1 saturated heterocycles. The van der Waals surface area contributed by atoms with E-state index in [0.29, 0.717) is 29.4 Å². The van der Waals surface area contributed by atoms with Crippen molar-refractivity contribution in [2.45, 2.75) is 32.2 Å². The van der Waals surface area contributed by atoms with Gasteiger partial charge in [-0.05, 0) is 79.5 Å². The topological polar surface area (TPSA) is 61.9 Å². The molecule has 38 heavy (non-hydrogen) atoms. The van der Waals surface area contributed by atoms with Crippen molar-refractivity contribution >= 4 is 35.2 Å².